The molecule has 0 unspecified atom stereocenters. The van der Waals surface area contributed by atoms with E-state index in [0.29, 0.717) is 5.88 Å². The number of aromatic nitrogens is 2. The Labute approximate surface area is 79.0 Å². The molecule has 0 atom stereocenters. The van der Waals surface area contributed by atoms with E-state index in [4.69, 9.17) is 4.74 Å². The van der Waals surface area contributed by atoms with E-state index in [1.165, 1.54) is 0 Å². The Morgan fingerprint density at radius 3 is 2.69 bits per heavy atom. The predicted octanol–water partition coefficient (Wildman–Crippen LogP) is 1.89. The van der Waals surface area contributed by atoms with Gasteiger partial charge in [-0.25, -0.2) is 0 Å². The van der Waals surface area contributed by atoms with Crippen LogP contribution in [0.4, 0.5) is 0 Å². The van der Waals surface area contributed by atoms with E-state index in [0.717, 1.165) is 5.56 Å². The van der Waals surface area contributed by atoms with Crippen molar-refractivity contribution in [3.63, 3.8) is 0 Å². The minimum absolute atomic E-state index is 0.0976. The third-order valence-electron chi connectivity index (χ3n) is 2.19. The largest absolute Gasteiger partial charge is 0.480 e. The zero-order valence-corrected chi connectivity index (χ0v) is 8.66. The number of hydrogen-bond acceptors (Lipinski definition) is 2. The first-order valence-corrected chi connectivity index (χ1v) is 4.23. The molecule has 0 saturated carbocycles. The Bertz CT molecular complexity index is 313. The quantitative estimate of drug-likeness (QED) is 0.664. The summed E-state index contributed by atoms with van der Waals surface area (Å²) >= 11 is 0. The van der Waals surface area contributed by atoms with Gasteiger partial charge in [0.05, 0.1) is 7.11 Å². The van der Waals surface area contributed by atoms with Gasteiger partial charge in [-0.1, -0.05) is 19.9 Å². The van der Waals surface area contributed by atoms with Crippen LogP contribution >= 0.6 is 0 Å². The Morgan fingerprint density at radius 1 is 1.62 bits per heavy atom. The molecule has 0 N–H and O–H groups in total. The van der Waals surface area contributed by atoms with Crippen LogP contribution in [0.5, 0.6) is 5.88 Å². The molecule has 72 valence electrons. The lowest BCUT2D eigenvalue weighted by Crippen LogP contribution is -2.13. The highest BCUT2D eigenvalue weighted by Gasteiger charge is 2.23. The van der Waals surface area contributed by atoms with Gasteiger partial charge >= 0.3 is 0 Å². The standard InChI is InChI=1S/C10H16N2O/c1-6-10(2,3)8-7-12(4)11-9(8)13-5/h6-7H,1H2,2-5H3. The summed E-state index contributed by atoms with van der Waals surface area (Å²) in [7, 11) is 3.51. The number of rotatable bonds is 3. The number of aryl methyl sites for hydroxylation is 1. The Hall–Kier alpha value is -1.25. The van der Waals surface area contributed by atoms with E-state index in [9.17, 15) is 0 Å². The molecule has 1 aromatic heterocycles. The van der Waals surface area contributed by atoms with Crippen LogP contribution < -0.4 is 4.74 Å². The number of nitrogens with zero attached hydrogens (tertiary/aromatic N) is 2. The molecule has 0 aliphatic heterocycles. The third kappa shape index (κ3) is 1.74. The summed E-state index contributed by atoms with van der Waals surface area (Å²) < 4.78 is 6.92. The van der Waals surface area contributed by atoms with Crippen LogP contribution in [0.25, 0.3) is 0 Å². The summed E-state index contributed by atoms with van der Waals surface area (Å²) in [5.74, 6) is 0.674. The van der Waals surface area contributed by atoms with Crippen molar-refractivity contribution in [2.75, 3.05) is 7.11 Å². The number of ether oxygens (including phenoxy) is 1. The lowest BCUT2D eigenvalue weighted by Gasteiger charge is -2.18. The maximum Gasteiger partial charge on any atom is 0.236 e. The molecule has 13 heavy (non-hydrogen) atoms. The number of hydrogen-bond donors (Lipinski definition) is 0. The maximum absolute atomic E-state index is 5.17. The van der Waals surface area contributed by atoms with Crippen LogP contribution in [0.2, 0.25) is 0 Å². The van der Waals surface area contributed by atoms with Crippen LogP contribution in [-0.2, 0) is 12.5 Å². The van der Waals surface area contributed by atoms with Crippen molar-refractivity contribution in [3.05, 3.63) is 24.4 Å². The fourth-order valence-electron chi connectivity index (χ4n) is 1.17. The zero-order chi connectivity index (χ0) is 10.1. The van der Waals surface area contributed by atoms with Gasteiger partial charge in [0.2, 0.25) is 5.88 Å². The summed E-state index contributed by atoms with van der Waals surface area (Å²) in [6.45, 7) is 7.97. The summed E-state index contributed by atoms with van der Waals surface area (Å²) in [6, 6.07) is 0. The molecule has 0 bridgehead atoms. The highest BCUT2D eigenvalue weighted by Crippen LogP contribution is 2.30. The smallest absolute Gasteiger partial charge is 0.236 e. The Morgan fingerprint density at radius 2 is 2.23 bits per heavy atom. The molecule has 0 radical (unpaired) electrons. The molecule has 3 heteroatoms. The molecule has 0 spiro atoms. The van der Waals surface area contributed by atoms with Crippen molar-refractivity contribution in [3.8, 4) is 5.88 Å². The lowest BCUT2D eigenvalue weighted by atomic mass is 9.87. The average Bonchev–Trinajstić information content (AvgIpc) is 2.47. The molecule has 1 heterocycles. The van der Waals surface area contributed by atoms with Crippen LogP contribution in [0.15, 0.2) is 18.9 Å². The molecule has 0 amide bonds. The topological polar surface area (TPSA) is 27.1 Å². The fourth-order valence-corrected chi connectivity index (χ4v) is 1.17. The second-order valence-electron chi connectivity index (χ2n) is 3.65. The predicted molar refractivity (Wildman–Crippen MR) is 53.0 cm³/mol. The monoisotopic (exact) mass is 180 g/mol. The van der Waals surface area contributed by atoms with Crippen molar-refractivity contribution in [1.82, 2.24) is 9.78 Å². The molecule has 0 aliphatic rings. The maximum atomic E-state index is 5.17. The van der Waals surface area contributed by atoms with Gasteiger partial charge < -0.3 is 4.74 Å². The van der Waals surface area contributed by atoms with Crippen molar-refractivity contribution >= 4 is 0 Å². The molecule has 0 aliphatic carbocycles. The first-order chi connectivity index (χ1) is 6.01. The van der Waals surface area contributed by atoms with Gasteiger partial charge in [-0.2, -0.15) is 0 Å². The van der Waals surface area contributed by atoms with Gasteiger partial charge in [-0.3, -0.25) is 4.68 Å². The second kappa shape index (κ2) is 3.24. The van der Waals surface area contributed by atoms with Crippen molar-refractivity contribution in [1.29, 1.82) is 0 Å². The summed E-state index contributed by atoms with van der Waals surface area (Å²) in [4.78, 5) is 0. The highest BCUT2D eigenvalue weighted by atomic mass is 16.5. The van der Waals surface area contributed by atoms with Gasteiger partial charge in [0, 0.05) is 24.2 Å². The normalized spacial score (nSPS) is 11.4. The van der Waals surface area contributed by atoms with Crippen molar-refractivity contribution in [2.45, 2.75) is 19.3 Å². The summed E-state index contributed by atoms with van der Waals surface area (Å²) in [6.07, 6.45) is 3.85. The van der Waals surface area contributed by atoms with Crippen LogP contribution in [0.3, 0.4) is 0 Å². The molecule has 1 rings (SSSR count). The van der Waals surface area contributed by atoms with Crippen molar-refractivity contribution < 1.29 is 4.74 Å². The first-order valence-electron chi connectivity index (χ1n) is 4.23. The van der Waals surface area contributed by atoms with Crippen LogP contribution in [-0.4, -0.2) is 16.9 Å². The number of allylic oxidation sites excluding steroid dienone is 1. The fraction of sp³-hybridized carbons (Fsp3) is 0.500. The van der Waals surface area contributed by atoms with Crippen LogP contribution in [0.1, 0.15) is 19.4 Å². The Balaban J connectivity index is 3.19. The molecule has 1 aromatic rings. The van der Waals surface area contributed by atoms with Gasteiger partial charge in [0.1, 0.15) is 0 Å². The second-order valence-corrected chi connectivity index (χ2v) is 3.65. The SMILES string of the molecule is C=CC(C)(C)c1cn(C)nc1OC. The molecular formula is C10H16N2O. The number of methoxy groups -OCH3 is 1. The van der Waals surface area contributed by atoms with E-state index < -0.39 is 0 Å². The zero-order valence-electron chi connectivity index (χ0n) is 8.66. The Kier molecular flexibility index (Phi) is 2.45. The van der Waals surface area contributed by atoms with E-state index in [1.54, 1.807) is 11.8 Å². The summed E-state index contributed by atoms with van der Waals surface area (Å²) in [5, 5.41) is 4.19. The van der Waals surface area contributed by atoms with Gasteiger partial charge in [-0.05, 0) is 0 Å². The highest BCUT2D eigenvalue weighted by molar-refractivity contribution is 5.34. The summed E-state index contributed by atoms with van der Waals surface area (Å²) in [5.41, 5.74) is 0.965. The lowest BCUT2D eigenvalue weighted by molar-refractivity contribution is 0.382. The molecule has 0 fully saturated rings. The molecule has 0 saturated heterocycles. The van der Waals surface area contributed by atoms with Crippen LogP contribution in [0, 0.1) is 0 Å². The van der Waals surface area contributed by atoms with Gasteiger partial charge in [-0.15, -0.1) is 11.7 Å². The average molecular weight is 180 g/mol. The van der Waals surface area contributed by atoms with E-state index in [2.05, 4.69) is 25.5 Å². The van der Waals surface area contributed by atoms with E-state index >= 15 is 0 Å². The minimum Gasteiger partial charge on any atom is -0.480 e. The van der Waals surface area contributed by atoms with E-state index in [1.807, 2.05) is 19.3 Å². The van der Waals surface area contributed by atoms with E-state index in [-0.39, 0.29) is 5.41 Å². The van der Waals surface area contributed by atoms with Crippen molar-refractivity contribution in [2.24, 2.45) is 7.05 Å². The first kappa shape index (κ1) is 9.84. The van der Waals surface area contributed by atoms with Gasteiger partial charge in [0.25, 0.3) is 0 Å². The third-order valence-corrected chi connectivity index (χ3v) is 2.19. The van der Waals surface area contributed by atoms with Gasteiger partial charge in [0.15, 0.2) is 0 Å². The molecular weight excluding hydrogens is 164 g/mol. The minimum atomic E-state index is -0.0976. The molecule has 3 nitrogen and oxygen atoms in total. The molecule has 0 aromatic carbocycles.